The zero-order valence-corrected chi connectivity index (χ0v) is 10.9. The van der Waals surface area contributed by atoms with Gasteiger partial charge in [0.05, 0.1) is 5.52 Å². The van der Waals surface area contributed by atoms with Crippen molar-refractivity contribution in [1.82, 2.24) is 9.97 Å². The van der Waals surface area contributed by atoms with E-state index in [-0.39, 0.29) is 6.04 Å². The number of halogens is 2. The molecule has 1 aliphatic rings. The van der Waals surface area contributed by atoms with Crippen molar-refractivity contribution in [3.05, 3.63) is 30.1 Å². The summed E-state index contributed by atoms with van der Waals surface area (Å²) >= 11 is 0. The number of nitrogens with zero attached hydrogens (tertiary/aromatic N) is 2. The summed E-state index contributed by atoms with van der Waals surface area (Å²) in [6, 6.07) is 2.46. The molecular weight excluding hydrogens is 264 g/mol. The highest BCUT2D eigenvalue weighted by Crippen LogP contribution is 2.24. The second kappa shape index (κ2) is 5.66. The number of anilines is 1. The quantitative estimate of drug-likeness (QED) is 0.918. The molecule has 0 aliphatic carbocycles. The molecule has 0 bridgehead atoms. The number of benzene rings is 1. The Balaban J connectivity index is 1.92. The SMILES string of the molecule is Fc1cc2ncnc(N[C@H]3CCCOCC3)c2cc1F. The molecule has 106 valence electrons. The van der Waals surface area contributed by atoms with Gasteiger partial charge in [0, 0.05) is 30.7 Å². The summed E-state index contributed by atoms with van der Waals surface area (Å²) in [6.45, 7) is 1.46. The van der Waals surface area contributed by atoms with Gasteiger partial charge in [-0.05, 0) is 25.3 Å². The molecule has 1 aliphatic heterocycles. The third kappa shape index (κ3) is 2.70. The van der Waals surface area contributed by atoms with E-state index in [9.17, 15) is 8.78 Å². The number of rotatable bonds is 2. The molecule has 0 spiro atoms. The van der Waals surface area contributed by atoms with E-state index in [0.717, 1.165) is 38.0 Å². The average molecular weight is 279 g/mol. The van der Waals surface area contributed by atoms with Gasteiger partial charge in [-0.15, -0.1) is 0 Å². The summed E-state index contributed by atoms with van der Waals surface area (Å²) in [6.07, 6.45) is 4.17. The first kappa shape index (κ1) is 13.2. The lowest BCUT2D eigenvalue weighted by Gasteiger charge is -2.17. The van der Waals surface area contributed by atoms with Crippen molar-refractivity contribution in [2.45, 2.75) is 25.3 Å². The lowest BCUT2D eigenvalue weighted by molar-refractivity contribution is 0.144. The molecule has 3 rings (SSSR count). The molecule has 1 atom stereocenters. The van der Waals surface area contributed by atoms with Crippen LogP contribution in [0.3, 0.4) is 0 Å². The maximum absolute atomic E-state index is 13.4. The number of fused-ring (bicyclic) bond motifs is 1. The summed E-state index contributed by atoms with van der Waals surface area (Å²) in [4.78, 5) is 8.12. The Labute approximate surface area is 115 Å². The minimum absolute atomic E-state index is 0.226. The Morgan fingerprint density at radius 2 is 1.95 bits per heavy atom. The van der Waals surface area contributed by atoms with Crippen LogP contribution in [0.5, 0.6) is 0 Å². The lowest BCUT2D eigenvalue weighted by atomic mass is 10.1. The van der Waals surface area contributed by atoms with Crippen molar-refractivity contribution in [2.75, 3.05) is 18.5 Å². The Morgan fingerprint density at radius 3 is 2.85 bits per heavy atom. The van der Waals surface area contributed by atoms with Gasteiger partial charge >= 0.3 is 0 Å². The molecule has 20 heavy (non-hydrogen) atoms. The zero-order valence-electron chi connectivity index (χ0n) is 10.9. The first-order chi connectivity index (χ1) is 9.74. The fraction of sp³-hybridized carbons (Fsp3) is 0.429. The molecule has 2 aromatic rings. The molecule has 1 fully saturated rings. The van der Waals surface area contributed by atoms with E-state index in [1.165, 1.54) is 6.33 Å². The monoisotopic (exact) mass is 279 g/mol. The Bertz CT molecular complexity index is 613. The fourth-order valence-electron chi connectivity index (χ4n) is 2.41. The van der Waals surface area contributed by atoms with Gasteiger partial charge in [-0.1, -0.05) is 0 Å². The minimum atomic E-state index is -0.898. The van der Waals surface area contributed by atoms with Crippen LogP contribution in [0.4, 0.5) is 14.6 Å². The van der Waals surface area contributed by atoms with Crippen LogP contribution in [0, 0.1) is 11.6 Å². The van der Waals surface area contributed by atoms with Crippen molar-refractivity contribution in [3.8, 4) is 0 Å². The average Bonchev–Trinajstić information content (AvgIpc) is 2.70. The van der Waals surface area contributed by atoms with E-state index in [1.807, 2.05) is 0 Å². The molecule has 0 unspecified atom stereocenters. The zero-order chi connectivity index (χ0) is 13.9. The molecule has 4 nitrogen and oxygen atoms in total. The topological polar surface area (TPSA) is 47.0 Å². The second-order valence-electron chi connectivity index (χ2n) is 4.89. The van der Waals surface area contributed by atoms with Crippen molar-refractivity contribution in [3.63, 3.8) is 0 Å². The highest BCUT2D eigenvalue weighted by atomic mass is 19.2. The van der Waals surface area contributed by atoms with Gasteiger partial charge < -0.3 is 10.1 Å². The second-order valence-corrected chi connectivity index (χ2v) is 4.89. The van der Waals surface area contributed by atoms with Crippen LogP contribution in [0.15, 0.2) is 18.5 Å². The number of nitrogens with one attached hydrogen (secondary N) is 1. The van der Waals surface area contributed by atoms with E-state index in [0.29, 0.717) is 23.3 Å². The van der Waals surface area contributed by atoms with E-state index in [2.05, 4.69) is 15.3 Å². The highest BCUT2D eigenvalue weighted by Gasteiger charge is 2.15. The maximum atomic E-state index is 13.4. The first-order valence-corrected chi connectivity index (χ1v) is 6.68. The van der Waals surface area contributed by atoms with Gasteiger partial charge in [0.25, 0.3) is 0 Å². The normalized spacial score (nSPS) is 19.8. The summed E-state index contributed by atoms with van der Waals surface area (Å²) < 4.78 is 32.0. The predicted molar refractivity (Wildman–Crippen MR) is 71.5 cm³/mol. The Kier molecular flexibility index (Phi) is 3.73. The summed E-state index contributed by atoms with van der Waals surface area (Å²) in [5.74, 6) is -1.25. The van der Waals surface area contributed by atoms with E-state index in [4.69, 9.17) is 4.74 Å². The highest BCUT2D eigenvalue weighted by molar-refractivity contribution is 5.88. The van der Waals surface area contributed by atoms with E-state index < -0.39 is 11.6 Å². The smallest absolute Gasteiger partial charge is 0.161 e. The number of aromatic nitrogens is 2. The van der Waals surface area contributed by atoms with Crippen molar-refractivity contribution in [2.24, 2.45) is 0 Å². The summed E-state index contributed by atoms with van der Waals surface area (Å²) in [7, 11) is 0. The fourth-order valence-corrected chi connectivity index (χ4v) is 2.41. The molecule has 1 aromatic heterocycles. The molecule has 0 saturated carbocycles. The minimum Gasteiger partial charge on any atom is -0.381 e. The predicted octanol–water partition coefficient (Wildman–Crippen LogP) is 2.89. The van der Waals surface area contributed by atoms with Crippen LogP contribution in [-0.4, -0.2) is 29.2 Å². The number of ether oxygens (including phenoxy) is 1. The first-order valence-electron chi connectivity index (χ1n) is 6.68. The molecule has 0 amide bonds. The van der Waals surface area contributed by atoms with Gasteiger partial charge in [-0.3, -0.25) is 0 Å². The molecule has 6 heteroatoms. The van der Waals surface area contributed by atoms with Gasteiger partial charge in [-0.2, -0.15) is 0 Å². The molecule has 0 radical (unpaired) electrons. The Hall–Kier alpha value is -1.82. The number of hydrogen-bond donors (Lipinski definition) is 1. The largest absolute Gasteiger partial charge is 0.381 e. The summed E-state index contributed by atoms with van der Waals surface area (Å²) in [5, 5.41) is 3.79. The number of hydrogen-bond acceptors (Lipinski definition) is 4. The Morgan fingerprint density at radius 1 is 1.10 bits per heavy atom. The van der Waals surface area contributed by atoms with Crippen LogP contribution in [0.25, 0.3) is 10.9 Å². The maximum Gasteiger partial charge on any atom is 0.161 e. The van der Waals surface area contributed by atoms with Gasteiger partial charge in [0.1, 0.15) is 12.1 Å². The van der Waals surface area contributed by atoms with Crippen molar-refractivity contribution in [1.29, 1.82) is 0 Å². The molecule has 2 heterocycles. The van der Waals surface area contributed by atoms with Crippen LogP contribution in [0.2, 0.25) is 0 Å². The third-order valence-corrected chi connectivity index (χ3v) is 3.47. The van der Waals surface area contributed by atoms with E-state index in [1.54, 1.807) is 0 Å². The van der Waals surface area contributed by atoms with Crippen molar-refractivity contribution < 1.29 is 13.5 Å². The van der Waals surface area contributed by atoms with Gasteiger partial charge in [0.15, 0.2) is 11.6 Å². The van der Waals surface area contributed by atoms with Gasteiger partial charge in [0.2, 0.25) is 0 Å². The van der Waals surface area contributed by atoms with Crippen LogP contribution < -0.4 is 5.32 Å². The standard InChI is InChI=1S/C14H15F2N3O/c15-11-6-10-13(7-12(11)16)17-8-18-14(10)19-9-2-1-4-20-5-3-9/h6-9H,1-5H2,(H,17,18,19)/t9-/m0/s1. The molecule has 1 N–H and O–H groups in total. The third-order valence-electron chi connectivity index (χ3n) is 3.47. The lowest BCUT2D eigenvalue weighted by Crippen LogP contribution is -2.20. The van der Waals surface area contributed by atoms with Crippen LogP contribution in [0.1, 0.15) is 19.3 Å². The van der Waals surface area contributed by atoms with E-state index >= 15 is 0 Å². The summed E-state index contributed by atoms with van der Waals surface area (Å²) in [5.41, 5.74) is 0.395. The molecule has 1 aromatic carbocycles. The van der Waals surface area contributed by atoms with Crippen LogP contribution in [-0.2, 0) is 4.74 Å². The van der Waals surface area contributed by atoms with Gasteiger partial charge in [-0.25, -0.2) is 18.7 Å². The van der Waals surface area contributed by atoms with Crippen LogP contribution >= 0.6 is 0 Å². The van der Waals surface area contributed by atoms with Crippen molar-refractivity contribution >= 4 is 16.7 Å². The molecule has 1 saturated heterocycles. The molecular formula is C14H15F2N3O.